The molecule has 0 bridgehead atoms. The lowest BCUT2D eigenvalue weighted by atomic mass is 10.1. The highest BCUT2D eigenvalue weighted by molar-refractivity contribution is 5.99. The van der Waals surface area contributed by atoms with E-state index in [0.717, 1.165) is 12.1 Å². The molecule has 2 aromatic carbocycles. The van der Waals surface area contributed by atoms with Crippen molar-refractivity contribution in [3.8, 4) is 11.5 Å². The maximum atomic E-state index is 13.0. The van der Waals surface area contributed by atoms with Gasteiger partial charge < -0.3 is 10.5 Å². The Bertz CT molecular complexity index is 641. The summed E-state index contributed by atoms with van der Waals surface area (Å²) in [4.78, 5) is 11.3. The van der Waals surface area contributed by atoms with E-state index >= 15 is 0 Å². The largest absolute Gasteiger partial charge is 0.457 e. The monoisotopic (exact) mass is 263 g/mol. The second-order valence-corrected chi connectivity index (χ2v) is 3.98. The molecule has 19 heavy (non-hydrogen) atoms. The van der Waals surface area contributed by atoms with Crippen molar-refractivity contribution in [1.82, 2.24) is 0 Å². The van der Waals surface area contributed by atoms with Gasteiger partial charge in [-0.15, -0.1) is 0 Å². The summed E-state index contributed by atoms with van der Waals surface area (Å²) in [6, 6.07) is 7.71. The standard InChI is InChI=1S/C14H11F2NO2/c1-8(18)11-6-9(3-5-14(11)17)19-10-2-4-12(15)13(16)7-10/h2-7H,17H2,1H3. The third-order valence-corrected chi connectivity index (χ3v) is 2.53. The van der Waals surface area contributed by atoms with Gasteiger partial charge in [0.2, 0.25) is 0 Å². The molecular formula is C14H11F2NO2. The molecule has 0 radical (unpaired) electrons. The number of carbonyl (C=O) groups is 1. The zero-order chi connectivity index (χ0) is 14.0. The van der Waals surface area contributed by atoms with Crippen LogP contribution in [0.3, 0.4) is 0 Å². The molecule has 2 N–H and O–H groups in total. The van der Waals surface area contributed by atoms with Crippen molar-refractivity contribution in [3.05, 3.63) is 53.6 Å². The summed E-state index contributed by atoms with van der Waals surface area (Å²) in [6.45, 7) is 1.38. The van der Waals surface area contributed by atoms with Crippen LogP contribution in [0.2, 0.25) is 0 Å². The molecule has 0 aliphatic rings. The Kier molecular flexibility index (Phi) is 3.46. The Morgan fingerprint density at radius 2 is 1.68 bits per heavy atom. The summed E-state index contributed by atoms with van der Waals surface area (Å²) in [5, 5.41) is 0. The molecule has 0 aromatic heterocycles. The average Bonchev–Trinajstić information content (AvgIpc) is 2.36. The summed E-state index contributed by atoms with van der Waals surface area (Å²) in [6.07, 6.45) is 0. The van der Waals surface area contributed by atoms with Crippen molar-refractivity contribution in [3.63, 3.8) is 0 Å². The zero-order valence-electron chi connectivity index (χ0n) is 10.1. The maximum absolute atomic E-state index is 13.0. The van der Waals surface area contributed by atoms with Crippen LogP contribution in [-0.4, -0.2) is 5.78 Å². The van der Waals surface area contributed by atoms with Gasteiger partial charge in [-0.3, -0.25) is 4.79 Å². The fourth-order valence-corrected chi connectivity index (χ4v) is 1.58. The van der Waals surface area contributed by atoms with Crippen LogP contribution in [0.4, 0.5) is 14.5 Å². The first kappa shape index (κ1) is 13.0. The molecular weight excluding hydrogens is 252 g/mol. The van der Waals surface area contributed by atoms with Gasteiger partial charge in [0, 0.05) is 17.3 Å². The van der Waals surface area contributed by atoms with Crippen LogP contribution in [0, 0.1) is 11.6 Å². The van der Waals surface area contributed by atoms with E-state index in [1.807, 2.05) is 0 Å². The van der Waals surface area contributed by atoms with Crippen LogP contribution in [0.15, 0.2) is 36.4 Å². The third kappa shape index (κ3) is 2.88. The lowest BCUT2D eigenvalue weighted by Gasteiger charge is -2.08. The number of rotatable bonds is 3. The summed E-state index contributed by atoms with van der Waals surface area (Å²) < 4.78 is 31.1. The molecule has 0 aliphatic carbocycles. The van der Waals surface area contributed by atoms with Gasteiger partial charge in [-0.2, -0.15) is 0 Å². The summed E-state index contributed by atoms with van der Waals surface area (Å²) in [7, 11) is 0. The van der Waals surface area contributed by atoms with Gasteiger partial charge in [0.15, 0.2) is 17.4 Å². The van der Waals surface area contributed by atoms with Gasteiger partial charge in [0.25, 0.3) is 0 Å². The van der Waals surface area contributed by atoms with E-state index in [4.69, 9.17) is 10.5 Å². The van der Waals surface area contributed by atoms with Crippen LogP contribution in [0.5, 0.6) is 11.5 Å². The smallest absolute Gasteiger partial charge is 0.162 e. The summed E-state index contributed by atoms with van der Waals surface area (Å²) >= 11 is 0. The SMILES string of the molecule is CC(=O)c1cc(Oc2ccc(F)c(F)c2)ccc1N. The number of benzene rings is 2. The molecule has 0 heterocycles. The quantitative estimate of drug-likeness (QED) is 0.680. The van der Waals surface area contributed by atoms with E-state index in [1.54, 1.807) is 6.07 Å². The zero-order valence-corrected chi connectivity index (χ0v) is 10.1. The topological polar surface area (TPSA) is 52.3 Å². The summed E-state index contributed by atoms with van der Waals surface area (Å²) in [5.41, 5.74) is 6.30. The normalized spacial score (nSPS) is 10.3. The highest BCUT2D eigenvalue weighted by Crippen LogP contribution is 2.26. The predicted molar refractivity (Wildman–Crippen MR) is 67.3 cm³/mol. The lowest BCUT2D eigenvalue weighted by Crippen LogP contribution is -2.00. The molecule has 0 spiro atoms. The first-order valence-corrected chi connectivity index (χ1v) is 5.51. The van der Waals surface area contributed by atoms with Gasteiger partial charge in [-0.05, 0) is 37.3 Å². The molecule has 0 saturated carbocycles. The molecule has 3 nitrogen and oxygen atoms in total. The number of nitrogen functional groups attached to an aromatic ring is 1. The van der Waals surface area contributed by atoms with E-state index in [0.29, 0.717) is 17.0 Å². The molecule has 0 aliphatic heterocycles. The fourth-order valence-electron chi connectivity index (χ4n) is 1.58. The van der Waals surface area contributed by atoms with Gasteiger partial charge in [-0.1, -0.05) is 0 Å². The summed E-state index contributed by atoms with van der Waals surface area (Å²) in [5.74, 6) is -1.69. The van der Waals surface area contributed by atoms with E-state index in [9.17, 15) is 13.6 Å². The second-order valence-electron chi connectivity index (χ2n) is 3.98. The molecule has 2 rings (SSSR count). The number of ether oxygens (including phenoxy) is 1. The first-order valence-electron chi connectivity index (χ1n) is 5.51. The highest BCUT2D eigenvalue weighted by Gasteiger charge is 2.08. The fraction of sp³-hybridized carbons (Fsp3) is 0.0714. The van der Waals surface area contributed by atoms with Gasteiger partial charge in [-0.25, -0.2) is 8.78 Å². The van der Waals surface area contributed by atoms with Crippen LogP contribution >= 0.6 is 0 Å². The number of hydrogen-bond acceptors (Lipinski definition) is 3. The molecule has 98 valence electrons. The molecule has 0 unspecified atom stereocenters. The lowest BCUT2D eigenvalue weighted by molar-refractivity contribution is 0.101. The molecule has 0 fully saturated rings. The Morgan fingerprint density at radius 3 is 2.32 bits per heavy atom. The Morgan fingerprint density at radius 1 is 1.05 bits per heavy atom. The van der Waals surface area contributed by atoms with Gasteiger partial charge in [0.1, 0.15) is 11.5 Å². The molecule has 0 atom stereocenters. The Labute approximate surface area is 108 Å². The number of halogens is 2. The Hall–Kier alpha value is -2.43. The number of carbonyl (C=O) groups excluding carboxylic acids is 1. The van der Waals surface area contributed by atoms with E-state index in [-0.39, 0.29) is 11.5 Å². The molecule has 2 aromatic rings. The van der Waals surface area contributed by atoms with Crippen molar-refractivity contribution in [2.75, 3.05) is 5.73 Å². The third-order valence-electron chi connectivity index (χ3n) is 2.53. The van der Waals surface area contributed by atoms with Crippen molar-refractivity contribution < 1.29 is 18.3 Å². The molecule has 0 saturated heterocycles. The maximum Gasteiger partial charge on any atom is 0.162 e. The predicted octanol–water partition coefficient (Wildman–Crippen LogP) is 3.54. The van der Waals surface area contributed by atoms with Crippen LogP contribution in [0.1, 0.15) is 17.3 Å². The number of ketones is 1. The number of anilines is 1. The number of Topliss-reactive ketones (excluding diaryl/α,β-unsaturated/α-hetero) is 1. The minimum absolute atomic E-state index is 0.137. The second kappa shape index (κ2) is 5.06. The van der Waals surface area contributed by atoms with Crippen molar-refractivity contribution in [2.24, 2.45) is 0 Å². The number of hydrogen-bond donors (Lipinski definition) is 1. The van der Waals surface area contributed by atoms with Crippen LogP contribution < -0.4 is 10.5 Å². The average molecular weight is 263 g/mol. The minimum atomic E-state index is -1.00. The molecule has 0 amide bonds. The van der Waals surface area contributed by atoms with E-state index in [2.05, 4.69) is 0 Å². The Balaban J connectivity index is 2.30. The van der Waals surface area contributed by atoms with Crippen molar-refractivity contribution in [1.29, 1.82) is 0 Å². The van der Waals surface area contributed by atoms with Crippen molar-refractivity contribution >= 4 is 11.5 Å². The first-order chi connectivity index (χ1) is 8.97. The minimum Gasteiger partial charge on any atom is -0.457 e. The van der Waals surface area contributed by atoms with E-state index < -0.39 is 11.6 Å². The van der Waals surface area contributed by atoms with Crippen LogP contribution in [-0.2, 0) is 0 Å². The van der Waals surface area contributed by atoms with Gasteiger partial charge in [0.05, 0.1) is 0 Å². The van der Waals surface area contributed by atoms with Crippen LogP contribution in [0.25, 0.3) is 0 Å². The van der Waals surface area contributed by atoms with Gasteiger partial charge >= 0.3 is 0 Å². The molecule has 5 heteroatoms. The number of nitrogens with two attached hydrogens (primary N) is 1. The highest BCUT2D eigenvalue weighted by atomic mass is 19.2. The van der Waals surface area contributed by atoms with E-state index in [1.165, 1.54) is 25.1 Å². The van der Waals surface area contributed by atoms with Crippen molar-refractivity contribution in [2.45, 2.75) is 6.92 Å².